The van der Waals surface area contributed by atoms with Crippen LogP contribution in [0.5, 0.6) is 0 Å². The number of unbranched alkanes of at least 4 members (excludes halogenated alkanes) is 2. The summed E-state index contributed by atoms with van der Waals surface area (Å²) in [6.07, 6.45) is 3.47. The first kappa shape index (κ1) is 24.4. The van der Waals surface area contributed by atoms with Gasteiger partial charge in [0.05, 0.1) is 18.5 Å². The van der Waals surface area contributed by atoms with E-state index in [-0.39, 0.29) is 0 Å². The van der Waals surface area contributed by atoms with E-state index in [9.17, 15) is 4.57 Å². The molecule has 0 fully saturated rings. The van der Waals surface area contributed by atoms with Crippen LogP contribution in [0.2, 0.25) is 0 Å². The zero-order valence-electron chi connectivity index (χ0n) is 18.7. The van der Waals surface area contributed by atoms with E-state index in [4.69, 9.17) is 19.1 Å². The maximum Gasteiger partial charge on any atom is 0.414 e. The second-order valence-corrected chi connectivity index (χ2v) is 9.19. The molecule has 0 atom stereocenters. The Labute approximate surface area is 190 Å². The summed E-state index contributed by atoms with van der Waals surface area (Å²) in [5.41, 5.74) is 4.21. The van der Waals surface area contributed by atoms with Crippen LogP contribution in [0.4, 0.5) is 0 Å². The van der Waals surface area contributed by atoms with Crippen LogP contribution >= 0.6 is 7.60 Å². The van der Waals surface area contributed by atoms with Crippen molar-refractivity contribution in [2.24, 2.45) is 0 Å². The van der Waals surface area contributed by atoms with Crippen molar-refractivity contribution in [3.63, 3.8) is 0 Å². The summed E-state index contributed by atoms with van der Waals surface area (Å²) in [6.45, 7) is 4.74. The van der Waals surface area contributed by atoms with Gasteiger partial charge in [-0.1, -0.05) is 81.3 Å². The molecule has 5 nitrogen and oxygen atoms in total. The van der Waals surface area contributed by atoms with Gasteiger partial charge in [-0.05, 0) is 59.4 Å². The fourth-order valence-corrected chi connectivity index (χ4v) is 4.22. The van der Waals surface area contributed by atoms with E-state index in [1.165, 1.54) is 0 Å². The molecule has 0 aliphatic rings. The average molecular weight is 453 g/mol. The molecule has 0 aliphatic carbocycles. The predicted octanol–water partition coefficient (Wildman–Crippen LogP) is 7.14. The molecule has 1 radical (unpaired) electrons. The molecular weight excluding hydrogens is 423 g/mol. The Morgan fingerprint density at radius 1 is 0.750 bits per heavy atom. The van der Waals surface area contributed by atoms with Gasteiger partial charge < -0.3 is 0 Å². The van der Waals surface area contributed by atoms with Crippen LogP contribution in [0, 0.1) is 6.07 Å². The highest BCUT2D eigenvalue weighted by atomic mass is 31.2. The van der Waals surface area contributed by atoms with E-state index in [1.54, 1.807) is 12.1 Å². The van der Waals surface area contributed by atoms with E-state index < -0.39 is 7.60 Å². The lowest BCUT2D eigenvalue weighted by Gasteiger charge is -2.17. The quantitative estimate of drug-likeness (QED) is 0.119. The van der Waals surface area contributed by atoms with Gasteiger partial charge in [0.1, 0.15) is 0 Å². The van der Waals surface area contributed by atoms with Gasteiger partial charge in [-0.15, -0.1) is 9.35 Å². The van der Waals surface area contributed by atoms with Gasteiger partial charge >= 0.3 is 7.60 Å². The lowest BCUT2D eigenvalue weighted by Crippen LogP contribution is -2.12. The van der Waals surface area contributed by atoms with Gasteiger partial charge in [0.15, 0.2) is 0 Å². The second-order valence-electron chi connectivity index (χ2n) is 7.38. The highest BCUT2D eigenvalue weighted by Crippen LogP contribution is 2.48. The first-order chi connectivity index (χ1) is 15.7. The van der Waals surface area contributed by atoms with Crippen LogP contribution in [-0.4, -0.2) is 13.2 Å². The molecule has 0 saturated carbocycles. The smallest absolute Gasteiger partial charge is 0.250 e. The molecule has 3 aromatic carbocycles. The molecule has 0 saturated heterocycles. The minimum Gasteiger partial charge on any atom is -0.250 e. The van der Waals surface area contributed by atoms with Gasteiger partial charge in [-0.2, -0.15) is 0 Å². The zero-order chi connectivity index (χ0) is 22.7. The third-order valence-corrected chi connectivity index (χ3v) is 6.44. The molecule has 32 heavy (non-hydrogen) atoms. The van der Waals surface area contributed by atoms with Crippen molar-refractivity contribution in [2.45, 2.75) is 39.5 Å². The summed E-state index contributed by atoms with van der Waals surface area (Å²) in [5.74, 6) is 0. The Morgan fingerprint density at radius 3 is 1.94 bits per heavy atom. The predicted molar refractivity (Wildman–Crippen MR) is 127 cm³/mol. The third-order valence-electron chi connectivity index (χ3n) is 4.91. The monoisotopic (exact) mass is 453 g/mol. The van der Waals surface area contributed by atoms with Crippen LogP contribution in [-0.2, 0) is 23.7 Å². The van der Waals surface area contributed by atoms with Gasteiger partial charge in [-0.3, -0.25) is 0 Å². The summed E-state index contributed by atoms with van der Waals surface area (Å²) in [4.78, 5) is 10.3. The molecule has 3 rings (SSSR count). The first-order valence-electron chi connectivity index (χ1n) is 11.1. The van der Waals surface area contributed by atoms with Gasteiger partial charge in [0.25, 0.3) is 0 Å². The SMILES string of the molecule is CCCCOOP(=O)(OOCCCC)c1ccc(-c2c[c]ccc2-c2ccccc2)cc1. The highest BCUT2D eigenvalue weighted by Gasteiger charge is 2.31. The number of rotatable bonds is 13. The van der Waals surface area contributed by atoms with E-state index >= 15 is 0 Å². The minimum absolute atomic E-state index is 0.331. The molecule has 169 valence electrons. The van der Waals surface area contributed by atoms with Crippen molar-refractivity contribution >= 4 is 12.9 Å². The van der Waals surface area contributed by atoms with Crippen molar-refractivity contribution in [3.8, 4) is 22.3 Å². The average Bonchev–Trinajstić information content (AvgIpc) is 2.85. The molecule has 0 amide bonds. The van der Waals surface area contributed by atoms with Crippen LogP contribution in [0.15, 0.2) is 72.8 Å². The normalized spacial score (nSPS) is 11.6. The van der Waals surface area contributed by atoms with Crippen LogP contribution in [0.1, 0.15) is 39.5 Å². The van der Waals surface area contributed by atoms with Crippen LogP contribution in [0.3, 0.4) is 0 Å². The fraction of sp³-hybridized carbons (Fsp3) is 0.308. The van der Waals surface area contributed by atoms with Gasteiger partial charge in [0, 0.05) is 0 Å². The Bertz CT molecular complexity index is 973. The molecule has 0 heterocycles. The van der Waals surface area contributed by atoms with Crippen molar-refractivity contribution in [3.05, 3.63) is 78.9 Å². The zero-order valence-corrected chi connectivity index (χ0v) is 19.6. The Morgan fingerprint density at radius 2 is 1.34 bits per heavy atom. The molecule has 0 aromatic heterocycles. The van der Waals surface area contributed by atoms with E-state index in [1.807, 2.05) is 62.4 Å². The second kappa shape index (κ2) is 12.7. The standard InChI is InChI=1S/C26H30O5P/c1-3-5-20-28-30-32(27,31-29-21-6-4-2)24-18-16-23(17-19-24)26-15-11-10-14-25(26)22-12-8-7-9-13-22/h7-10,12-19H,3-6,20-21H2,1-2H3. The first-order valence-corrected chi connectivity index (χ1v) is 12.6. The van der Waals surface area contributed by atoms with Gasteiger partial charge in [0.2, 0.25) is 0 Å². The summed E-state index contributed by atoms with van der Waals surface area (Å²) < 4.78 is 23.9. The summed E-state index contributed by atoms with van der Waals surface area (Å²) in [5, 5.41) is 0.371. The molecule has 0 N–H and O–H groups in total. The van der Waals surface area contributed by atoms with E-state index in [0.717, 1.165) is 47.9 Å². The largest absolute Gasteiger partial charge is 0.414 e. The number of hydrogen-bond acceptors (Lipinski definition) is 5. The van der Waals surface area contributed by atoms with E-state index in [0.29, 0.717) is 18.5 Å². The Balaban J connectivity index is 1.83. The van der Waals surface area contributed by atoms with Crippen LogP contribution < -0.4 is 5.30 Å². The molecule has 6 heteroatoms. The topological polar surface area (TPSA) is 54.0 Å². The van der Waals surface area contributed by atoms with Gasteiger partial charge in [-0.25, -0.2) is 14.3 Å². The molecule has 0 unspecified atom stereocenters. The maximum absolute atomic E-state index is 13.4. The fourth-order valence-electron chi connectivity index (χ4n) is 3.08. The molecule has 3 aromatic rings. The number of benzene rings is 3. The lowest BCUT2D eigenvalue weighted by atomic mass is 9.95. The molecule has 0 bridgehead atoms. The Kier molecular flexibility index (Phi) is 9.66. The molecular formula is C26H30O5P. The minimum atomic E-state index is -3.79. The number of hydrogen-bond donors (Lipinski definition) is 0. The van der Waals surface area contributed by atoms with E-state index in [2.05, 4.69) is 18.2 Å². The van der Waals surface area contributed by atoms with Crippen molar-refractivity contribution < 1.29 is 23.7 Å². The van der Waals surface area contributed by atoms with Crippen LogP contribution in [0.25, 0.3) is 22.3 Å². The summed E-state index contributed by atoms with van der Waals surface area (Å²) in [7, 11) is -3.79. The van der Waals surface area contributed by atoms with Crippen molar-refractivity contribution in [2.75, 3.05) is 13.2 Å². The third kappa shape index (κ3) is 6.61. The van der Waals surface area contributed by atoms with Crippen molar-refractivity contribution in [1.82, 2.24) is 0 Å². The lowest BCUT2D eigenvalue weighted by molar-refractivity contribution is -0.264. The van der Waals surface area contributed by atoms with Crippen molar-refractivity contribution in [1.29, 1.82) is 0 Å². The summed E-state index contributed by atoms with van der Waals surface area (Å²) >= 11 is 0. The Hall–Kier alpha value is -2.27. The highest BCUT2D eigenvalue weighted by molar-refractivity contribution is 7.62. The molecule has 0 aliphatic heterocycles. The summed E-state index contributed by atoms with van der Waals surface area (Å²) in [6, 6.07) is 26.4. The maximum atomic E-state index is 13.4. The molecule has 0 spiro atoms.